The van der Waals surface area contributed by atoms with E-state index in [1.54, 1.807) is 0 Å². The fourth-order valence-corrected chi connectivity index (χ4v) is 1.99. The lowest BCUT2D eigenvalue weighted by Crippen LogP contribution is -1.76. The summed E-state index contributed by atoms with van der Waals surface area (Å²) in [5.74, 6) is 0. The minimum absolute atomic E-state index is 1.09. The number of rotatable bonds is 13. The molecule has 0 N–H and O–H groups in total. The van der Waals surface area contributed by atoms with E-state index in [0.717, 1.165) is 12.8 Å². The van der Waals surface area contributed by atoms with Gasteiger partial charge in [0.1, 0.15) is 0 Å². The van der Waals surface area contributed by atoms with Crippen LogP contribution >= 0.6 is 0 Å². The Morgan fingerprint density at radius 1 is 0.667 bits per heavy atom. The maximum absolute atomic E-state index is 3.86. The SMILES string of the molecule is [CH2]CCCCCC=CCC=CCCCCCCC. The maximum atomic E-state index is 3.86. The summed E-state index contributed by atoms with van der Waals surface area (Å²) in [5, 5.41) is 0. The molecule has 0 aromatic heterocycles. The molecule has 0 fully saturated rings. The van der Waals surface area contributed by atoms with Crippen LogP contribution in [-0.2, 0) is 0 Å². The molecule has 0 atom stereocenters. The molecule has 0 heteroatoms. The molecular weight excluding hydrogens is 216 g/mol. The molecule has 0 amide bonds. The minimum Gasteiger partial charge on any atom is -0.0882 e. The molecule has 0 bridgehead atoms. The van der Waals surface area contributed by atoms with Crippen molar-refractivity contribution >= 4 is 0 Å². The van der Waals surface area contributed by atoms with Crippen LogP contribution in [-0.4, -0.2) is 0 Å². The minimum atomic E-state index is 1.09. The van der Waals surface area contributed by atoms with E-state index < -0.39 is 0 Å². The Morgan fingerprint density at radius 2 is 1.22 bits per heavy atom. The second-order valence-corrected chi connectivity index (χ2v) is 5.08. The zero-order chi connectivity index (χ0) is 13.3. The predicted octanol–water partition coefficient (Wildman–Crippen LogP) is 6.63. The highest BCUT2D eigenvalue weighted by atomic mass is 13.9. The average Bonchev–Trinajstić information content (AvgIpc) is 2.39. The van der Waals surface area contributed by atoms with Crippen LogP contribution in [0.5, 0.6) is 0 Å². The van der Waals surface area contributed by atoms with Gasteiger partial charge in [0.2, 0.25) is 0 Å². The highest BCUT2D eigenvalue weighted by molar-refractivity contribution is 4.92. The van der Waals surface area contributed by atoms with Gasteiger partial charge in [-0.05, 0) is 32.1 Å². The first-order valence-corrected chi connectivity index (χ1v) is 8.01. The van der Waals surface area contributed by atoms with Crippen molar-refractivity contribution in [2.45, 2.75) is 84.0 Å². The molecule has 0 spiro atoms. The van der Waals surface area contributed by atoms with E-state index in [-0.39, 0.29) is 0 Å². The van der Waals surface area contributed by atoms with Gasteiger partial charge >= 0.3 is 0 Å². The van der Waals surface area contributed by atoms with E-state index >= 15 is 0 Å². The monoisotopic (exact) mass is 249 g/mol. The first-order valence-electron chi connectivity index (χ1n) is 8.01. The molecular formula is C18H33. The van der Waals surface area contributed by atoms with Crippen LogP contribution in [0.1, 0.15) is 84.0 Å². The third-order valence-corrected chi connectivity index (χ3v) is 3.20. The molecule has 18 heavy (non-hydrogen) atoms. The third-order valence-electron chi connectivity index (χ3n) is 3.20. The predicted molar refractivity (Wildman–Crippen MR) is 84.7 cm³/mol. The number of allylic oxidation sites excluding steroid dienone is 4. The summed E-state index contributed by atoms with van der Waals surface area (Å²) in [5.41, 5.74) is 0. The van der Waals surface area contributed by atoms with Gasteiger partial charge in [-0.15, -0.1) is 0 Å². The fraction of sp³-hybridized carbons (Fsp3) is 0.722. The smallest absolute Gasteiger partial charge is 0.0169 e. The lowest BCUT2D eigenvalue weighted by Gasteiger charge is -1.95. The first kappa shape index (κ1) is 17.5. The van der Waals surface area contributed by atoms with Crippen molar-refractivity contribution < 1.29 is 0 Å². The van der Waals surface area contributed by atoms with E-state index in [4.69, 9.17) is 0 Å². The second kappa shape index (κ2) is 16.5. The number of hydrogen-bond donors (Lipinski definition) is 0. The largest absolute Gasteiger partial charge is 0.0882 e. The summed E-state index contributed by atoms with van der Waals surface area (Å²) in [4.78, 5) is 0. The molecule has 0 rings (SSSR count). The van der Waals surface area contributed by atoms with Gasteiger partial charge in [0.25, 0.3) is 0 Å². The summed E-state index contributed by atoms with van der Waals surface area (Å²) in [7, 11) is 0. The van der Waals surface area contributed by atoms with Gasteiger partial charge in [-0.25, -0.2) is 0 Å². The molecule has 1 radical (unpaired) electrons. The molecule has 0 saturated heterocycles. The van der Waals surface area contributed by atoms with Gasteiger partial charge < -0.3 is 0 Å². The van der Waals surface area contributed by atoms with E-state index in [1.165, 1.54) is 64.2 Å². The molecule has 0 aliphatic rings. The molecule has 0 aliphatic heterocycles. The number of unbranched alkanes of at least 4 members (excludes halogenated alkanes) is 9. The first-order chi connectivity index (χ1) is 8.91. The lowest BCUT2D eigenvalue weighted by molar-refractivity contribution is 0.637. The quantitative estimate of drug-likeness (QED) is 0.254. The standard InChI is InChI=1S/C18H33/c1-3-5-7-9-11-13-15-17-18-16-14-12-10-8-6-4-2/h13,15-16,18H,1,3-12,14,17H2,2H3. The van der Waals surface area contributed by atoms with Crippen LogP contribution in [0.15, 0.2) is 24.3 Å². The van der Waals surface area contributed by atoms with Gasteiger partial charge in [0.05, 0.1) is 0 Å². The molecule has 0 aromatic carbocycles. The van der Waals surface area contributed by atoms with Crippen molar-refractivity contribution in [2.24, 2.45) is 0 Å². The Labute approximate surface area is 116 Å². The maximum Gasteiger partial charge on any atom is -0.0169 e. The molecule has 0 aliphatic carbocycles. The van der Waals surface area contributed by atoms with E-state index in [1.807, 2.05) is 0 Å². The Bertz CT molecular complexity index is 188. The Kier molecular flexibility index (Phi) is 16.0. The van der Waals surface area contributed by atoms with Crippen LogP contribution in [0, 0.1) is 6.92 Å². The summed E-state index contributed by atoms with van der Waals surface area (Å²) in [6.45, 7) is 6.13. The summed E-state index contributed by atoms with van der Waals surface area (Å²) in [6, 6.07) is 0. The zero-order valence-corrected chi connectivity index (χ0v) is 12.5. The molecule has 0 nitrogen and oxygen atoms in total. The van der Waals surface area contributed by atoms with Gasteiger partial charge in [-0.1, -0.05) is 83.1 Å². The van der Waals surface area contributed by atoms with Crippen molar-refractivity contribution in [2.75, 3.05) is 0 Å². The van der Waals surface area contributed by atoms with Crippen LogP contribution in [0.25, 0.3) is 0 Å². The highest BCUT2D eigenvalue weighted by Crippen LogP contribution is 2.06. The molecule has 0 heterocycles. The summed E-state index contributed by atoms with van der Waals surface area (Å²) in [6.07, 6.45) is 24.9. The molecule has 105 valence electrons. The van der Waals surface area contributed by atoms with Crippen LogP contribution < -0.4 is 0 Å². The van der Waals surface area contributed by atoms with Gasteiger partial charge in [-0.2, -0.15) is 0 Å². The van der Waals surface area contributed by atoms with Crippen LogP contribution in [0.4, 0.5) is 0 Å². The van der Waals surface area contributed by atoms with E-state index in [0.29, 0.717) is 0 Å². The second-order valence-electron chi connectivity index (χ2n) is 5.08. The number of hydrogen-bond acceptors (Lipinski definition) is 0. The van der Waals surface area contributed by atoms with Crippen molar-refractivity contribution in [1.29, 1.82) is 0 Å². The topological polar surface area (TPSA) is 0 Å². The average molecular weight is 249 g/mol. The van der Waals surface area contributed by atoms with Crippen LogP contribution in [0.2, 0.25) is 0 Å². The Hall–Kier alpha value is -0.520. The van der Waals surface area contributed by atoms with Crippen molar-refractivity contribution in [3.05, 3.63) is 31.2 Å². The molecule has 0 unspecified atom stereocenters. The van der Waals surface area contributed by atoms with Gasteiger partial charge in [0.15, 0.2) is 0 Å². The summed E-state index contributed by atoms with van der Waals surface area (Å²) < 4.78 is 0. The molecule has 0 aromatic rings. The fourth-order valence-electron chi connectivity index (χ4n) is 1.99. The summed E-state index contributed by atoms with van der Waals surface area (Å²) >= 11 is 0. The van der Waals surface area contributed by atoms with Crippen molar-refractivity contribution in [3.63, 3.8) is 0 Å². The van der Waals surface area contributed by atoms with Crippen molar-refractivity contribution in [1.82, 2.24) is 0 Å². The van der Waals surface area contributed by atoms with Gasteiger partial charge in [-0.3, -0.25) is 0 Å². The highest BCUT2D eigenvalue weighted by Gasteiger charge is 1.86. The van der Waals surface area contributed by atoms with Crippen molar-refractivity contribution in [3.8, 4) is 0 Å². The third kappa shape index (κ3) is 15.5. The Morgan fingerprint density at radius 3 is 1.78 bits per heavy atom. The van der Waals surface area contributed by atoms with Crippen LogP contribution in [0.3, 0.4) is 0 Å². The Balaban J connectivity index is 3.14. The van der Waals surface area contributed by atoms with Gasteiger partial charge in [0, 0.05) is 0 Å². The molecule has 0 saturated carbocycles. The van der Waals surface area contributed by atoms with E-state index in [2.05, 4.69) is 38.2 Å². The normalized spacial score (nSPS) is 11.9. The lowest BCUT2D eigenvalue weighted by atomic mass is 10.1. The van der Waals surface area contributed by atoms with E-state index in [9.17, 15) is 0 Å². The zero-order valence-electron chi connectivity index (χ0n) is 12.5.